The van der Waals surface area contributed by atoms with E-state index < -0.39 is 0 Å². The van der Waals surface area contributed by atoms with Gasteiger partial charge in [-0.1, -0.05) is 23.7 Å². The van der Waals surface area contributed by atoms with Crippen molar-refractivity contribution in [1.29, 1.82) is 0 Å². The van der Waals surface area contributed by atoms with Crippen molar-refractivity contribution in [1.82, 2.24) is 5.32 Å². The van der Waals surface area contributed by atoms with Crippen molar-refractivity contribution in [3.63, 3.8) is 0 Å². The maximum atomic E-state index is 11.8. The Labute approximate surface area is 156 Å². The summed E-state index contributed by atoms with van der Waals surface area (Å²) in [4.78, 5) is 12.9. The molecule has 0 aliphatic heterocycles. The number of thioether (sulfide) groups is 2. The monoisotopic (exact) mass is 381 g/mol. The predicted molar refractivity (Wildman–Crippen MR) is 104 cm³/mol. The van der Waals surface area contributed by atoms with Crippen LogP contribution in [0.1, 0.15) is 5.56 Å². The molecule has 6 heteroatoms. The lowest BCUT2D eigenvalue weighted by Gasteiger charge is -2.06. The van der Waals surface area contributed by atoms with Gasteiger partial charge in [0.2, 0.25) is 5.91 Å². The lowest BCUT2D eigenvalue weighted by molar-refractivity contribution is -0.118. The number of hydrogen-bond donors (Lipinski definition) is 1. The van der Waals surface area contributed by atoms with Crippen LogP contribution in [0.15, 0.2) is 53.4 Å². The average Bonchev–Trinajstić information content (AvgIpc) is 2.60. The summed E-state index contributed by atoms with van der Waals surface area (Å²) in [6.07, 6.45) is 0. The molecule has 0 saturated carbocycles. The summed E-state index contributed by atoms with van der Waals surface area (Å²) < 4.78 is 5.11. The summed E-state index contributed by atoms with van der Waals surface area (Å²) in [5, 5.41) is 3.70. The zero-order valence-corrected chi connectivity index (χ0v) is 15.8. The van der Waals surface area contributed by atoms with Gasteiger partial charge in [0.05, 0.1) is 12.9 Å². The van der Waals surface area contributed by atoms with Crippen molar-refractivity contribution in [3.05, 3.63) is 59.1 Å². The van der Waals surface area contributed by atoms with Gasteiger partial charge in [0.1, 0.15) is 5.75 Å². The minimum Gasteiger partial charge on any atom is -0.497 e. The summed E-state index contributed by atoms with van der Waals surface area (Å²) in [6, 6.07) is 15.6. The van der Waals surface area contributed by atoms with Crippen molar-refractivity contribution in [2.45, 2.75) is 10.6 Å². The molecule has 0 atom stereocenters. The van der Waals surface area contributed by atoms with Crippen LogP contribution >= 0.6 is 35.1 Å². The third kappa shape index (κ3) is 7.07. The molecule has 1 amide bonds. The fourth-order valence-electron chi connectivity index (χ4n) is 1.95. The molecule has 0 heterocycles. The highest BCUT2D eigenvalue weighted by molar-refractivity contribution is 8.00. The third-order valence-electron chi connectivity index (χ3n) is 3.16. The van der Waals surface area contributed by atoms with E-state index >= 15 is 0 Å². The van der Waals surface area contributed by atoms with Gasteiger partial charge in [-0.2, -0.15) is 11.8 Å². The van der Waals surface area contributed by atoms with Crippen molar-refractivity contribution in [3.8, 4) is 5.75 Å². The zero-order valence-electron chi connectivity index (χ0n) is 13.5. The van der Waals surface area contributed by atoms with Crippen molar-refractivity contribution in [2.75, 3.05) is 25.2 Å². The molecule has 0 aliphatic rings. The number of hydrogen-bond acceptors (Lipinski definition) is 4. The van der Waals surface area contributed by atoms with Crippen molar-refractivity contribution in [2.24, 2.45) is 0 Å². The second-order valence-corrected chi connectivity index (χ2v) is 7.59. The van der Waals surface area contributed by atoms with E-state index in [0.29, 0.717) is 12.3 Å². The molecule has 0 saturated heterocycles. The minimum atomic E-state index is 0.0548. The van der Waals surface area contributed by atoms with E-state index in [1.807, 2.05) is 42.5 Å². The molecule has 0 fully saturated rings. The quantitative estimate of drug-likeness (QED) is 0.513. The Balaban J connectivity index is 1.57. The lowest BCUT2D eigenvalue weighted by Crippen LogP contribution is -2.27. The number of carbonyl (C=O) groups is 1. The zero-order chi connectivity index (χ0) is 17.2. The van der Waals surface area contributed by atoms with E-state index in [9.17, 15) is 4.79 Å². The van der Waals surface area contributed by atoms with Crippen LogP contribution in [0, 0.1) is 0 Å². The molecule has 0 bridgehead atoms. The Morgan fingerprint density at radius 1 is 1.21 bits per heavy atom. The lowest BCUT2D eigenvalue weighted by atomic mass is 10.2. The minimum absolute atomic E-state index is 0.0548. The van der Waals surface area contributed by atoms with Gasteiger partial charge in [0, 0.05) is 28.0 Å². The van der Waals surface area contributed by atoms with Crippen LogP contribution in [0.2, 0.25) is 5.02 Å². The maximum Gasteiger partial charge on any atom is 0.230 e. The highest BCUT2D eigenvalue weighted by atomic mass is 35.5. The van der Waals surface area contributed by atoms with E-state index in [4.69, 9.17) is 16.3 Å². The van der Waals surface area contributed by atoms with Crippen LogP contribution in [0.4, 0.5) is 0 Å². The van der Waals surface area contributed by atoms with Gasteiger partial charge in [-0.3, -0.25) is 4.79 Å². The maximum absolute atomic E-state index is 11.8. The van der Waals surface area contributed by atoms with E-state index in [-0.39, 0.29) is 5.91 Å². The van der Waals surface area contributed by atoms with Gasteiger partial charge >= 0.3 is 0 Å². The fraction of sp³-hybridized carbons (Fsp3) is 0.278. The molecule has 3 nitrogen and oxygen atoms in total. The molecule has 0 aliphatic carbocycles. The highest BCUT2D eigenvalue weighted by Crippen LogP contribution is 2.21. The Hall–Kier alpha value is -1.30. The van der Waals surface area contributed by atoms with Gasteiger partial charge < -0.3 is 10.1 Å². The largest absolute Gasteiger partial charge is 0.497 e. The fourth-order valence-corrected chi connectivity index (χ4v) is 3.70. The molecule has 2 rings (SSSR count). The number of nitrogens with one attached hydrogen (secondary N) is 1. The Bertz CT molecular complexity index is 650. The molecule has 0 spiro atoms. The number of methoxy groups -OCH3 is 1. The van der Waals surface area contributed by atoms with Gasteiger partial charge in [-0.05, 0) is 42.0 Å². The summed E-state index contributed by atoms with van der Waals surface area (Å²) in [7, 11) is 1.64. The molecular formula is C18H20ClNO2S2. The molecule has 24 heavy (non-hydrogen) atoms. The van der Waals surface area contributed by atoms with Crippen molar-refractivity contribution < 1.29 is 9.53 Å². The summed E-state index contributed by atoms with van der Waals surface area (Å²) in [5.41, 5.74) is 1.20. The van der Waals surface area contributed by atoms with Gasteiger partial charge in [-0.25, -0.2) is 0 Å². The summed E-state index contributed by atoms with van der Waals surface area (Å²) in [5.74, 6) is 3.08. The van der Waals surface area contributed by atoms with Crippen LogP contribution in [0.5, 0.6) is 5.75 Å². The van der Waals surface area contributed by atoms with E-state index in [2.05, 4.69) is 11.4 Å². The molecule has 2 aromatic rings. The smallest absolute Gasteiger partial charge is 0.230 e. The van der Waals surface area contributed by atoms with Crippen LogP contribution in [-0.2, 0) is 10.5 Å². The molecule has 0 radical (unpaired) electrons. The number of halogens is 1. The van der Waals surface area contributed by atoms with Crippen LogP contribution in [0.25, 0.3) is 0 Å². The molecule has 0 unspecified atom stereocenters. The Morgan fingerprint density at radius 2 is 2.00 bits per heavy atom. The number of ether oxygens (including phenoxy) is 1. The average molecular weight is 382 g/mol. The highest BCUT2D eigenvalue weighted by Gasteiger charge is 2.03. The van der Waals surface area contributed by atoms with E-state index in [1.54, 1.807) is 18.9 Å². The summed E-state index contributed by atoms with van der Waals surface area (Å²) >= 11 is 9.26. The first-order valence-electron chi connectivity index (χ1n) is 7.53. The molecule has 128 valence electrons. The standard InChI is InChI=1S/C18H20ClNO2S2/c1-22-16-5-7-17(8-6-16)24-13-18(21)20-9-10-23-12-14-3-2-4-15(19)11-14/h2-8,11H,9-10,12-13H2,1H3,(H,20,21). The van der Waals surface area contributed by atoms with Gasteiger partial charge in [0.25, 0.3) is 0 Å². The Kier molecular flexibility index (Phi) is 8.36. The summed E-state index contributed by atoms with van der Waals surface area (Å²) in [6.45, 7) is 0.674. The number of benzene rings is 2. The molecule has 0 aromatic heterocycles. The van der Waals surface area contributed by atoms with Crippen LogP contribution in [-0.4, -0.2) is 31.1 Å². The van der Waals surface area contributed by atoms with Crippen molar-refractivity contribution >= 4 is 41.0 Å². The van der Waals surface area contributed by atoms with E-state index in [0.717, 1.165) is 27.2 Å². The second-order valence-electron chi connectivity index (χ2n) is 5.00. The first-order chi connectivity index (χ1) is 11.7. The predicted octanol–water partition coefficient (Wildman–Crippen LogP) is 4.49. The van der Waals surface area contributed by atoms with Gasteiger partial charge in [0.15, 0.2) is 0 Å². The molecular weight excluding hydrogens is 362 g/mol. The first kappa shape index (κ1) is 19.0. The Morgan fingerprint density at radius 3 is 2.71 bits per heavy atom. The molecule has 1 N–H and O–H groups in total. The van der Waals surface area contributed by atoms with Crippen LogP contribution in [0.3, 0.4) is 0 Å². The number of carbonyl (C=O) groups excluding carboxylic acids is 1. The second kappa shape index (κ2) is 10.5. The topological polar surface area (TPSA) is 38.3 Å². The first-order valence-corrected chi connectivity index (χ1v) is 10.0. The normalized spacial score (nSPS) is 10.4. The van der Waals surface area contributed by atoms with Crippen LogP contribution < -0.4 is 10.1 Å². The number of rotatable bonds is 9. The third-order valence-corrected chi connectivity index (χ3v) is 5.43. The molecule has 2 aromatic carbocycles. The van der Waals surface area contributed by atoms with Gasteiger partial charge in [-0.15, -0.1) is 11.8 Å². The SMILES string of the molecule is COc1ccc(SCC(=O)NCCSCc2cccc(Cl)c2)cc1. The number of amides is 1. The van der Waals surface area contributed by atoms with E-state index in [1.165, 1.54) is 17.3 Å².